The van der Waals surface area contributed by atoms with Crippen molar-refractivity contribution in [1.82, 2.24) is 0 Å². The van der Waals surface area contributed by atoms with Crippen molar-refractivity contribution in [3.63, 3.8) is 0 Å². The summed E-state index contributed by atoms with van der Waals surface area (Å²) in [7, 11) is 0. The summed E-state index contributed by atoms with van der Waals surface area (Å²) in [5, 5.41) is 3.49. The van der Waals surface area contributed by atoms with Crippen LogP contribution < -0.4 is 15.0 Å². The van der Waals surface area contributed by atoms with Crippen LogP contribution in [0.5, 0.6) is 5.75 Å². The van der Waals surface area contributed by atoms with Crippen LogP contribution in [0.2, 0.25) is 0 Å². The fourth-order valence-corrected chi connectivity index (χ4v) is 2.62. The molecule has 0 saturated heterocycles. The van der Waals surface area contributed by atoms with Gasteiger partial charge in [-0.15, -0.1) is 0 Å². The molecule has 0 aliphatic heterocycles. The number of benzene rings is 2. The average molecular weight is 326 g/mol. The number of ether oxygens (including phenoxy) is 1. The minimum Gasteiger partial charge on any atom is -0.493 e. The monoisotopic (exact) mass is 326 g/mol. The lowest BCUT2D eigenvalue weighted by Gasteiger charge is -2.21. The first kappa shape index (κ1) is 18.2. The van der Waals surface area contributed by atoms with Gasteiger partial charge in [0.15, 0.2) is 0 Å². The van der Waals surface area contributed by atoms with Crippen molar-refractivity contribution in [3.8, 4) is 5.75 Å². The molecule has 2 aromatic rings. The molecule has 2 aromatic carbocycles. The molecule has 0 radical (unpaired) electrons. The normalized spacial score (nSPS) is 10.7. The Bertz CT molecular complexity index is 603. The lowest BCUT2D eigenvalue weighted by atomic mass is 10.2. The first-order chi connectivity index (χ1) is 11.6. The Morgan fingerprint density at radius 1 is 0.958 bits per heavy atom. The highest BCUT2D eigenvalue weighted by Gasteiger charge is 2.05. The van der Waals surface area contributed by atoms with Gasteiger partial charge < -0.3 is 15.0 Å². The van der Waals surface area contributed by atoms with E-state index in [-0.39, 0.29) is 0 Å². The lowest BCUT2D eigenvalue weighted by Crippen LogP contribution is -2.21. The Hall–Kier alpha value is -2.16. The number of anilines is 2. The minimum atomic E-state index is 0.527. The molecule has 0 fully saturated rings. The van der Waals surface area contributed by atoms with E-state index in [1.807, 2.05) is 12.1 Å². The smallest absolute Gasteiger partial charge is 0.124 e. The van der Waals surface area contributed by atoms with Crippen LogP contribution in [0.1, 0.15) is 33.3 Å². The van der Waals surface area contributed by atoms with Gasteiger partial charge in [-0.3, -0.25) is 0 Å². The first-order valence-corrected chi connectivity index (χ1v) is 8.93. The van der Waals surface area contributed by atoms with Crippen molar-refractivity contribution < 1.29 is 4.74 Å². The zero-order chi connectivity index (χ0) is 17.4. The summed E-state index contributed by atoms with van der Waals surface area (Å²) in [6.07, 6.45) is 0. The molecule has 0 saturated carbocycles. The van der Waals surface area contributed by atoms with E-state index in [1.54, 1.807) is 0 Å². The predicted molar refractivity (Wildman–Crippen MR) is 104 cm³/mol. The molecule has 130 valence electrons. The summed E-state index contributed by atoms with van der Waals surface area (Å²) in [5.74, 6) is 1.50. The molecule has 2 rings (SSSR count). The molecule has 0 spiro atoms. The Morgan fingerprint density at radius 3 is 2.25 bits per heavy atom. The molecule has 0 unspecified atom stereocenters. The second-order valence-corrected chi connectivity index (χ2v) is 6.39. The molecule has 0 aliphatic rings. The molecule has 0 aromatic heterocycles. The van der Waals surface area contributed by atoms with E-state index in [2.05, 4.69) is 74.3 Å². The number of para-hydroxylation sites is 1. The topological polar surface area (TPSA) is 24.5 Å². The molecule has 1 N–H and O–H groups in total. The summed E-state index contributed by atoms with van der Waals surface area (Å²) in [6, 6.07) is 16.9. The quantitative estimate of drug-likeness (QED) is 0.687. The molecule has 3 nitrogen and oxygen atoms in total. The number of rotatable bonds is 9. The van der Waals surface area contributed by atoms with Crippen molar-refractivity contribution in [2.75, 3.05) is 29.9 Å². The van der Waals surface area contributed by atoms with Gasteiger partial charge in [-0.1, -0.05) is 32.0 Å². The van der Waals surface area contributed by atoms with Crippen LogP contribution in [0.15, 0.2) is 48.5 Å². The Morgan fingerprint density at radius 2 is 1.62 bits per heavy atom. The lowest BCUT2D eigenvalue weighted by molar-refractivity contribution is 0.269. The molecular formula is C21H30N2O. The Kier molecular flexibility index (Phi) is 6.98. The van der Waals surface area contributed by atoms with Gasteiger partial charge in [0, 0.05) is 36.6 Å². The predicted octanol–water partition coefficient (Wildman–Crippen LogP) is 5.18. The third-order valence-corrected chi connectivity index (χ3v) is 4.02. The fourth-order valence-electron chi connectivity index (χ4n) is 2.62. The first-order valence-electron chi connectivity index (χ1n) is 8.93. The highest BCUT2D eigenvalue weighted by molar-refractivity contribution is 5.55. The maximum absolute atomic E-state index is 5.92. The van der Waals surface area contributed by atoms with Gasteiger partial charge >= 0.3 is 0 Å². The van der Waals surface area contributed by atoms with Crippen molar-refractivity contribution in [3.05, 3.63) is 54.1 Å². The van der Waals surface area contributed by atoms with E-state index >= 15 is 0 Å². The van der Waals surface area contributed by atoms with Gasteiger partial charge in [0.2, 0.25) is 0 Å². The van der Waals surface area contributed by atoms with Crippen molar-refractivity contribution in [2.45, 2.75) is 34.2 Å². The molecule has 0 bridgehead atoms. The highest BCUT2D eigenvalue weighted by Crippen LogP contribution is 2.22. The second-order valence-electron chi connectivity index (χ2n) is 6.39. The Labute approximate surface area is 146 Å². The summed E-state index contributed by atoms with van der Waals surface area (Å²) in [5.41, 5.74) is 3.58. The molecule has 24 heavy (non-hydrogen) atoms. The van der Waals surface area contributed by atoms with E-state index in [4.69, 9.17) is 4.74 Å². The highest BCUT2D eigenvalue weighted by atomic mass is 16.5. The van der Waals surface area contributed by atoms with Gasteiger partial charge in [-0.2, -0.15) is 0 Å². The third-order valence-electron chi connectivity index (χ3n) is 4.02. The van der Waals surface area contributed by atoms with Crippen LogP contribution >= 0.6 is 0 Å². The number of hydrogen-bond donors (Lipinski definition) is 1. The van der Waals surface area contributed by atoms with Crippen LogP contribution in [0, 0.1) is 5.92 Å². The van der Waals surface area contributed by atoms with Crippen LogP contribution in [0.25, 0.3) is 0 Å². The number of nitrogens with one attached hydrogen (secondary N) is 1. The number of nitrogens with zero attached hydrogens (tertiary/aromatic N) is 1. The summed E-state index contributed by atoms with van der Waals surface area (Å²) in [6.45, 7) is 12.3. The maximum Gasteiger partial charge on any atom is 0.124 e. The molecule has 0 amide bonds. The summed E-state index contributed by atoms with van der Waals surface area (Å²) >= 11 is 0. The van der Waals surface area contributed by atoms with E-state index in [1.165, 1.54) is 11.3 Å². The van der Waals surface area contributed by atoms with Gasteiger partial charge in [0.25, 0.3) is 0 Å². The van der Waals surface area contributed by atoms with Crippen LogP contribution in [-0.4, -0.2) is 19.7 Å². The van der Waals surface area contributed by atoms with E-state index < -0.39 is 0 Å². The molecule has 0 aliphatic carbocycles. The largest absolute Gasteiger partial charge is 0.493 e. The zero-order valence-electron chi connectivity index (χ0n) is 15.4. The summed E-state index contributed by atoms with van der Waals surface area (Å²) < 4.78 is 5.92. The maximum atomic E-state index is 5.92. The average Bonchev–Trinajstić information content (AvgIpc) is 2.61. The molecular weight excluding hydrogens is 296 g/mol. The van der Waals surface area contributed by atoms with Gasteiger partial charge in [-0.05, 0) is 50.1 Å². The second kappa shape index (κ2) is 9.21. The third kappa shape index (κ3) is 5.19. The van der Waals surface area contributed by atoms with E-state index in [0.717, 1.165) is 37.7 Å². The van der Waals surface area contributed by atoms with Gasteiger partial charge in [-0.25, -0.2) is 0 Å². The minimum absolute atomic E-state index is 0.527. The molecule has 3 heteroatoms. The van der Waals surface area contributed by atoms with Gasteiger partial charge in [0.05, 0.1) is 6.61 Å². The van der Waals surface area contributed by atoms with Crippen molar-refractivity contribution in [2.24, 2.45) is 5.92 Å². The zero-order valence-corrected chi connectivity index (χ0v) is 15.4. The molecule has 0 heterocycles. The Balaban J connectivity index is 1.98. The van der Waals surface area contributed by atoms with Crippen LogP contribution in [0.4, 0.5) is 11.4 Å². The SMILES string of the molecule is CCN(CC)c1ccc(NCc2ccccc2OCC(C)C)cc1. The summed E-state index contributed by atoms with van der Waals surface area (Å²) in [4.78, 5) is 2.35. The van der Waals surface area contributed by atoms with Crippen LogP contribution in [-0.2, 0) is 6.54 Å². The standard InChI is InChI=1S/C21H30N2O/c1-5-23(6-2)20-13-11-19(12-14-20)22-15-18-9-7-8-10-21(18)24-16-17(3)4/h7-14,17,22H,5-6,15-16H2,1-4H3. The van der Waals surface area contributed by atoms with Crippen LogP contribution in [0.3, 0.4) is 0 Å². The van der Waals surface area contributed by atoms with Crippen molar-refractivity contribution in [1.29, 1.82) is 0 Å². The van der Waals surface area contributed by atoms with Gasteiger partial charge in [0.1, 0.15) is 5.75 Å². The van der Waals surface area contributed by atoms with Crippen molar-refractivity contribution >= 4 is 11.4 Å². The fraction of sp³-hybridized carbons (Fsp3) is 0.429. The van der Waals surface area contributed by atoms with E-state index in [9.17, 15) is 0 Å². The molecule has 0 atom stereocenters. The number of hydrogen-bond acceptors (Lipinski definition) is 3. The van der Waals surface area contributed by atoms with E-state index in [0.29, 0.717) is 5.92 Å².